The van der Waals surface area contributed by atoms with Gasteiger partial charge in [-0.2, -0.15) is 0 Å². The molecule has 0 heterocycles. The molecule has 0 bridgehead atoms. The number of aliphatic hydroxyl groups is 2. The van der Waals surface area contributed by atoms with Gasteiger partial charge in [0.05, 0.1) is 18.8 Å². The summed E-state index contributed by atoms with van der Waals surface area (Å²) in [5, 5.41) is 22.4. The molecule has 0 fully saturated rings. The number of rotatable bonds is 19. The van der Waals surface area contributed by atoms with Gasteiger partial charge in [-0.05, 0) is 44.9 Å². The fourth-order valence-electron chi connectivity index (χ4n) is 2.96. The summed E-state index contributed by atoms with van der Waals surface area (Å²) in [6.07, 6.45) is 25.1. The van der Waals surface area contributed by atoms with E-state index in [2.05, 4.69) is 43.5 Å². The molecule has 0 radical (unpaired) electrons. The maximum Gasteiger partial charge on any atom is 0.220 e. The van der Waals surface area contributed by atoms with Gasteiger partial charge in [-0.25, -0.2) is 0 Å². The second-order valence-electron chi connectivity index (χ2n) is 7.68. The highest BCUT2D eigenvalue weighted by molar-refractivity contribution is 5.76. The zero-order valence-electron chi connectivity index (χ0n) is 18.8. The molecule has 0 aromatic rings. The summed E-state index contributed by atoms with van der Waals surface area (Å²) in [6.45, 7) is 4.08. The molecular formula is C25H45NO3. The highest BCUT2D eigenvalue weighted by atomic mass is 16.3. The lowest BCUT2D eigenvalue weighted by atomic mass is 10.1. The molecule has 1 amide bonds. The summed E-state index contributed by atoms with van der Waals surface area (Å²) >= 11 is 0. The van der Waals surface area contributed by atoms with Gasteiger partial charge < -0.3 is 15.5 Å². The van der Waals surface area contributed by atoms with Crippen LogP contribution < -0.4 is 5.32 Å². The van der Waals surface area contributed by atoms with E-state index < -0.39 is 12.1 Å². The average molecular weight is 408 g/mol. The van der Waals surface area contributed by atoms with Crippen LogP contribution in [-0.4, -0.2) is 34.9 Å². The van der Waals surface area contributed by atoms with Crippen molar-refractivity contribution in [1.82, 2.24) is 5.32 Å². The molecular weight excluding hydrogens is 362 g/mol. The van der Waals surface area contributed by atoms with Gasteiger partial charge in [0.2, 0.25) is 5.91 Å². The second-order valence-corrected chi connectivity index (χ2v) is 7.68. The van der Waals surface area contributed by atoms with Crippen molar-refractivity contribution in [2.75, 3.05) is 6.61 Å². The smallest absolute Gasteiger partial charge is 0.220 e. The third-order valence-electron chi connectivity index (χ3n) is 4.81. The van der Waals surface area contributed by atoms with Crippen LogP contribution in [0.3, 0.4) is 0 Å². The average Bonchev–Trinajstić information content (AvgIpc) is 2.72. The van der Waals surface area contributed by atoms with Crippen molar-refractivity contribution >= 4 is 5.91 Å². The SMILES string of the molecule is CCC/C=C\CCCCCCCC(=O)NC(CO)C(O)/C=C/CC/C=C/CCC. The maximum atomic E-state index is 12.1. The van der Waals surface area contributed by atoms with Gasteiger partial charge in [0.1, 0.15) is 0 Å². The molecule has 168 valence electrons. The third kappa shape index (κ3) is 18.4. The number of amides is 1. The zero-order valence-corrected chi connectivity index (χ0v) is 18.8. The minimum atomic E-state index is -0.857. The van der Waals surface area contributed by atoms with E-state index in [1.807, 2.05) is 6.08 Å². The minimum absolute atomic E-state index is 0.0958. The molecule has 0 rings (SSSR count). The lowest BCUT2D eigenvalue weighted by Crippen LogP contribution is -2.45. The second kappa shape index (κ2) is 21.3. The Labute approximate surface area is 179 Å². The Morgan fingerprint density at radius 1 is 0.793 bits per heavy atom. The molecule has 0 saturated carbocycles. The number of nitrogens with one attached hydrogen (secondary N) is 1. The fourth-order valence-corrected chi connectivity index (χ4v) is 2.96. The van der Waals surface area contributed by atoms with Crippen LogP contribution in [0.4, 0.5) is 0 Å². The van der Waals surface area contributed by atoms with Crippen molar-refractivity contribution in [3.05, 3.63) is 36.5 Å². The first-order valence-corrected chi connectivity index (χ1v) is 11.7. The molecule has 2 unspecified atom stereocenters. The lowest BCUT2D eigenvalue weighted by molar-refractivity contribution is -0.123. The Morgan fingerprint density at radius 2 is 1.34 bits per heavy atom. The van der Waals surface area contributed by atoms with E-state index in [0.29, 0.717) is 6.42 Å². The molecule has 0 saturated heterocycles. The predicted octanol–water partition coefficient (Wildman–Crippen LogP) is 5.60. The molecule has 4 heteroatoms. The van der Waals surface area contributed by atoms with Crippen molar-refractivity contribution in [2.24, 2.45) is 0 Å². The Kier molecular flexibility index (Phi) is 20.3. The fraction of sp³-hybridized carbons (Fsp3) is 0.720. The largest absolute Gasteiger partial charge is 0.394 e. The molecule has 0 aliphatic rings. The van der Waals surface area contributed by atoms with E-state index in [4.69, 9.17) is 0 Å². The van der Waals surface area contributed by atoms with E-state index >= 15 is 0 Å². The normalized spacial score (nSPS) is 14.2. The van der Waals surface area contributed by atoms with E-state index in [0.717, 1.165) is 51.4 Å². The van der Waals surface area contributed by atoms with Gasteiger partial charge in [0.25, 0.3) is 0 Å². The Bertz CT molecular complexity index is 457. The molecule has 29 heavy (non-hydrogen) atoms. The number of allylic oxidation sites excluding steroid dienone is 5. The van der Waals surface area contributed by atoms with Gasteiger partial charge >= 0.3 is 0 Å². The molecule has 2 atom stereocenters. The number of carbonyl (C=O) groups excluding carboxylic acids is 1. The Morgan fingerprint density at radius 3 is 2.00 bits per heavy atom. The lowest BCUT2D eigenvalue weighted by Gasteiger charge is -2.19. The number of hydrogen-bond acceptors (Lipinski definition) is 3. The van der Waals surface area contributed by atoms with Crippen LogP contribution in [0.1, 0.15) is 97.3 Å². The van der Waals surface area contributed by atoms with E-state index in [1.165, 1.54) is 25.7 Å². The van der Waals surface area contributed by atoms with Crippen molar-refractivity contribution in [3.8, 4) is 0 Å². The standard InChI is InChI=1S/C25H45NO3/c1-3-5-7-9-11-12-13-15-17-19-21-25(29)26-23(22-27)24(28)20-18-16-14-10-8-6-4-2/h7-10,18,20,23-24,27-28H,3-6,11-17,19,21-22H2,1-2H3,(H,26,29)/b9-7-,10-8+,20-18+. The number of carbonyl (C=O) groups is 1. The topological polar surface area (TPSA) is 69.6 Å². The molecule has 0 aromatic heterocycles. The van der Waals surface area contributed by atoms with E-state index in [9.17, 15) is 15.0 Å². The van der Waals surface area contributed by atoms with Crippen molar-refractivity contribution < 1.29 is 15.0 Å². The first kappa shape index (κ1) is 27.6. The Hall–Kier alpha value is -1.39. The highest BCUT2D eigenvalue weighted by Gasteiger charge is 2.17. The zero-order chi connectivity index (χ0) is 21.6. The monoisotopic (exact) mass is 407 g/mol. The summed E-state index contributed by atoms with van der Waals surface area (Å²) in [5.41, 5.74) is 0. The van der Waals surface area contributed by atoms with Crippen molar-refractivity contribution in [3.63, 3.8) is 0 Å². The van der Waals surface area contributed by atoms with Crippen LogP contribution in [0.25, 0.3) is 0 Å². The van der Waals surface area contributed by atoms with E-state index in [1.54, 1.807) is 6.08 Å². The maximum absolute atomic E-state index is 12.1. The van der Waals surface area contributed by atoms with Crippen LogP contribution in [0.2, 0.25) is 0 Å². The van der Waals surface area contributed by atoms with Gasteiger partial charge in [-0.15, -0.1) is 0 Å². The molecule has 3 N–H and O–H groups in total. The van der Waals surface area contributed by atoms with Crippen LogP contribution >= 0.6 is 0 Å². The highest BCUT2D eigenvalue weighted by Crippen LogP contribution is 2.08. The number of aliphatic hydroxyl groups excluding tert-OH is 2. The Balaban J connectivity index is 3.84. The van der Waals surface area contributed by atoms with Crippen LogP contribution in [0.15, 0.2) is 36.5 Å². The van der Waals surface area contributed by atoms with Gasteiger partial charge in [-0.3, -0.25) is 4.79 Å². The van der Waals surface area contributed by atoms with Gasteiger partial charge in [-0.1, -0.05) is 82.4 Å². The third-order valence-corrected chi connectivity index (χ3v) is 4.81. The minimum Gasteiger partial charge on any atom is -0.394 e. The van der Waals surface area contributed by atoms with Crippen molar-refractivity contribution in [2.45, 2.75) is 109 Å². The quantitative estimate of drug-likeness (QED) is 0.193. The van der Waals surface area contributed by atoms with E-state index in [-0.39, 0.29) is 12.5 Å². The summed E-state index contributed by atoms with van der Waals surface area (Å²) in [4.78, 5) is 12.1. The first-order valence-electron chi connectivity index (χ1n) is 11.7. The van der Waals surface area contributed by atoms with Crippen molar-refractivity contribution in [1.29, 1.82) is 0 Å². The summed E-state index contributed by atoms with van der Waals surface area (Å²) < 4.78 is 0. The van der Waals surface area contributed by atoms with Crippen LogP contribution in [-0.2, 0) is 4.79 Å². The van der Waals surface area contributed by atoms with Gasteiger partial charge in [0.15, 0.2) is 0 Å². The summed E-state index contributed by atoms with van der Waals surface area (Å²) in [7, 11) is 0. The molecule has 0 aromatic carbocycles. The molecule has 0 aliphatic carbocycles. The van der Waals surface area contributed by atoms with Gasteiger partial charge in [0, 0.05) is 6.42 Å². The van der Waals surface area contributed by atoms with Crippen LogP contribution in [0, 0.1) is 0 Å². The summed E-state index contributed by atoms with van der Waals surface area (Å²) in [5.74, 6) is -0.0958. The molecule has 4 nitrogen and oxygen atoms in total. The number of unbranched alkanes of at least 4 members (excludes halogenated alkanes) is 8. The molecule has 0 spiro atoms. The predicted molar refractivity (Wildman–Crippen MR) is 124 cm³/mol. The summed E-state index contributed by atoms with van der Waals surface area (Å²) in [6, 6.07) is -0.635. The first-order chi connectivity index (χ1) is 14.2. The molecule has 0 aliphatic heterocycles. The number of hydrogen-bond donors (Lipinski definition) is 3. The van der Waals surface area contributed by atoms with Crippen LogP contribution in [0.5, 0.6) is 0 Å².